The molecule has 0 aliphatic rings. The van der Waals surface area contributed by atoms with Gasteiger partial charge >= 0.3 is 5.97 Å². The average molecular weight is 232 g/mol. The maximum absolute atomic E-state index is 11.8. The van der Waals surface area contributed by atoms with Crippen molar-refractivity contribution < 1.29 is 9.53 Å². The highest BCUT2D eigenvalue weighted by atomic mass is 16.5. The molecule has 2 rings (SSSR count). The van der Waals surface area contributed by atoms with Gasteiger partial charge in [0.15, 0.2) is 5.69 Å². The van der Waals surface area contributed by atoms with Crippen LogP contribution in [0.1, 0.15) is 23.1 Å². The van der Waals surface area contributed by atoms with Crippen LogP contribution in [-0.4, -0.2) is 22.0 Å². The van der Waals surface area contributed by atoms with Crippen molar-refractivity contribution in [2.24, 2.45) is 0 Å². The zero-order valence-corrected chi connectivity index (χ0v) is 9.64. The Morgan fingerprint density at radius 3 is 2.94 bits per heavy atom. The zero-order valence-electron chi connectivity index (χ0n) is 9.64. The molecule has 5 heteroatoms. The number of pyridine rings is 1. The van der Waals surface area contributed by atoms with Crippen molar-refractivity contribution in [1.82, 2.24) is 9.38 Å². The van der Waals surface area contributed by atoms with Gasteiger partial charge in [-0.2, -0.15) is 0 Å². The van der Waals surface area contributed by atoms with Gasteiger partial charge in [0.2, 0.25) is 0 Å². The average Bonchev–Trinajstić information content (AvgIpc) is 2.29. The Morgan fingerprint density at radius 1 is 1.47 bits per heavy atom. The molecule has 0 aliphatic heterocycles. The number of ether oxygens (including phenoxy) is 1. The number of rotatable bonds is 2. The van der Waals surface area contributed by atoms with Gasteiger partial charge in [-0.3, -0.25) is 9.20 Å². The molecule has 0 N–H and O–H groups in total. The summed E-state index contributed by atoms with van der Waals surface area (Å²) < 4.78 is 6.26. The minimum atomic E-state index is -0.575. The number of aromatic nitrogens is 2. The van der Waals surface area contributed by atoms with Gasteiger partial charge in [-0.25, -0.2) is 9.78 Å². The summed E-state index contributed by atoms with van der Waals surface area (Å²) in [4.78, 5) is 27.4. The van der Waals surface area contributed by atoms with Crippen LogP contribution < -0.4 is 5.56 Å². The third kappa shape index (κ3) is 2.04. The van der Waals surface area contributed by atoms with Crippen molar-refractivity contribution in [3.63, 3.8) is 0 Å². The molecule has 0 aliphatic carbocycles. The molecule has 0 amide bonds. The minimum Gasteiger partial charge on any atom is -0.461 e. The van der Waals surface area contributed by atoms with Crippen LogP contribution in [0.25, 0.3) is 5.65 Å². The summed E-state index contributed by atoms with van der Waals surface area (Å²) in [5.74, 6) is -0.575. The van der Waals surface area contributed by atoms with E-state index in [1.54, 1.807) is 32.0 Å². The monoisotopic (exact) mass is 232 g/mol. The van der Waals surface area contributed by atoms with Gasteiger partial charge in [-0.1, -0.05) is 6.07 Å². The predicted molar refractivity (Wildman–Crippen MR) is 62.2 cm³/mol. The van der Waals surface area contributed by atoms with E-state index in [0.29, 0.717) is 5.65 Å². The first-order valence-corrected chi connectivity index (χ1v) is 5.30. The molecule has 0 atom stereocenters. The van der Waals surface area contributed by atoms with E-state index in [4.69, 9.17) is 4.74 Å². The second-order valence-corrected chi connectivity index (χ2v) is 3.56. The lowest BCUT2D eigenvalue weighted by Crippen LogP contribution is -2.20. The van der Waals surface area contributed by atoms with Gasteiger partial charge in [0.1, 0.15) is 5.65 Å². The summed E-state index contributed by atoms with van der Waals surface area (Å²) in [6, 6.07) is 6.46. The van der Waals surface area contributed by atoms with Gasteiger partial charge < -0.3 is 4.74 Å². The molecule has 0 radical (unpaired) electrons. The topological polar surface area (TPSA) is 60.7 Å². The Balaban J connectivity index is 2.65. The third-order valence-electron chi connectivity index (χ3n) is 2.36. The molecule has 2 heterocycles. The molecule has 0 aromatic carbocycles. The van der Waals surface area contributed by atoms with Gasteiger partial charge in [-0.05, 0) is 26.0 Å². The summed E-state index contributed by atoms with van der Waals surface area (Å²) in [5, 5.41) is 0. The van der Waals surface area contributed by atoms with Crippen molar-refractivity contribution in [1.29, 1.82) is 0 Å². The normalized spacial score (nSPS) is 10.5. The van der Waals surface area contributed by atoms with E-state index in [0.717, 1.165) is 5.69 Å². The Bertz CT molecular complexity index is 631. The van der Waals surface area contributed by atoms with Gasteiger partial charge in [0.05, 0.1) is 6.61 Å². The number of nitrogens with zero attached hydrogens (tertiary/aromatic N) is 2. The third-order valence-corrected chi connectivity index (χ3v) is 2.36. The minimum absolute atomic E-state index is 0.0439. The fourth-order valence-corrected chi connectivity index (χ4v) is 1.62. The highest BCUT2D eigenvalue weighted by Crippen LogP contribution is 2.03. The fraction of sp³-hybridized carbons (Fsp3) is 0.250. The molecule has 0 spiro atoms. The number of fused-ring (bicyclic) bond motifs is 1. The highest BCUT2D eigenvalue weighted by Gasteiger charge is 2.11. The van der Waals surface area contributed by atoms with E-state index in [-0.39, 0.29) is 17.9 Å². The number of hydrogen-bond acceptors (Lipinski definition) is 4. The summed E-state index contributed by atoms with van der Waals surface area (Å²) in [5.41, 5.74) is 0.981. The van der Waals surface area contributed by atoms with Crippen molar-refractivity contribution in [3.8, 4) is 0 Å². The van der Waals surface area contributed by atoms with Crippen LogP contribution in [0.5, 0.6) is 0 Å². The number of carbonyl (C=O) groups is 1. The lowest BCUT2D eigenvalue weighted by Gasteiger charge is -2.05. The molecule has 17 heavy (non-hydrogen) atoms. The van der Waals surface area contributed by atoms with Crippen LogP contribution in [0, 0.1) is 6.92 Å². The first-order valence-electron chi connectivity index (χ1n) is 5.30. The molecule has 0 unspecified atom stereocenters. The smallest absolute Gasteiger partial charge is 0.357 e. The highest BCUT2D eigenvalue weighted by molar-refractivity contribution is 5.87. The Hall–Kier alpha value is -2.17. The summed E-state index contributed by atoms with van der Waals surface area (Å²) in [7, 11) is 0. The second kappa shape index (κ2) is 4.37. The molecule has 0 bridgehead atoms. The molecule has 5 nitrogen and oxygen atoms in total. The van der Waals surface area contributed by atoms with Crippen LogP contribution in [0.3, 0.4) is 0 Å². The van der Waals surface area contributed by atoms with Crippen LogP contribution >= 0.6 is 0 Å². The molecule has 0 saturated heterocycles. The van der Waals surface area contributed by atoms with Crippen molar-refractivity contribution in [3.05, 3.63) is 46.0 Å². The van der Waals surface area contributed by atoms with Crippen LogP contribution in [0.15, 0.2) is 29.1 Å². The zero-order chi connectivity index (χ0) is 12.4. The predicted octanol–water partition coefficient (Wildman–Crippen LogP) is 1.18. The number of hydrogen-bond donors (Lipinski definition) is 0. The first-order chi connectivity index (χ1) is 8.13. The number of carbonyl (C=O) groups excluding carboxylic acids is 1. The Kier molecular flexibility index (Phi) is 2.91. The van der Waals surface area contributed by atoms with E-state index < -0.39 is 5.97 Å². The van der Waals surface area contributed by atoms with Crippen LogP contribution in [-0.2, 0) is 4.74 Å². The Labute approximate surface area is 97.7 Å². The largest absolute Gasteiger partial charge is 0.461 e. The molecule has 2 aromatic heterocycles. The van der Waals surface area contributed by atoms with E-state index in [2.05, 4.69) is 4.98 Å². The maximum atomic E-state index is 11.8. The van der Waals surface area contributed by atoms with Crippen LogP contribution in [0.4, 0.5) is 0 Å². The van der Waals surface area contributed by atoms with Crippen molar-refractivity contribution in [2.75, 3.05) is 6.61 Å². The molecule has 88 valence electrons. The lowest BCUT2D eigenvalue weighted by molar-refractivity contribution is 0.0519. The standard InChI is InChI=1S/C12H12N2O3/c1-3-17-12(16)9-7-11(15)14-8(2)5-4-6-10(14)13-9/h4-7H,3H2,1-2H3. The molecule has 2 aromatic rings. The van der Waals surface area contributed by atoms with Gasteiger partial charge in [0, 0.05) is 11.8 Å². The second-order valence-electron chi connectivity index (χ2n) is 3.56. The van der Waals surface area contributed by atoms with Gasteiger partial charge in [0.25, 0.3) is 5.56 Å². The fourth-order valence-electron chi connectivity index (χ4n) is 1.62. The number of aryl methyl sites for hydroxylation is 1. The Morgan fingerprint density at radius 2 is 2.24 bits per heavy atom. The molecular formula is C12H12N2O3. The summed E-state index contributed by atoms with van der Waals surface area (Å²) in [6.45, 7) is 3.77. The summed E-state index contributed by atoms with van der Waals surface area (Å²) >= 11 is 0. The first kappa shape index (κ1) is 11.3. The SMILES string of the molecule is CCOC(=O)c1cc(=O)n2c(C)cccc2n1. The summed E-state index contributed by atoms with van der Waals surface area (Å²) in [6.07, 6.45) is 0. The van der Waals surface area contributed by atoms with Crippen molar-refractivity contribution in [2.45, 2.75) is 13.8 Å². The van der Waals surface area contributed by atoms with E-state index in [1.807, 2.05) is 0 Å². The molecular weight excluding hydrogens is 220 g/mol. The van der Waals surface area contributed by atoms with E-state index >= 15 is 0 Å². The number of esters is 1. The quantitative estimate of drug-likeness (QED) is 0.729. The lowest BCUT2D eigenvalue weighted by atomic mass is 10.3. The van der Waals surface area contributed by atoms with Crippen LogP contribution in [0.2, 0.25) is 0 Å². The maximum Gasteiger partial charge on any atom is 0.357 e. The van der Waals surface area contributed by atoms with E-state index in [9.17, 15) is 9.59 Å². The van der Waals surface area contributed by atoms with Gasteiger partial charge in [-0.15, -0.1) is 0 Å². The molecule has 0 fully saturated rings. The molecule has 0 saturated carbocycles. The van der Waals surface area contributed by atoms with E-state index in [1.165, 1.54) is 10.5 Å². The van der Waals surface area contributed by atoms with Crippen molar-refractivity contribution >= 4 is 11.6 Å².